The number of pyridine rings is 1. The molecule has 1 atom stereocenters. The summed E-state index contributed by atoms with van der Waals surface area (Å²) in [5.41, 5.74) is 8.47. The molecule has 2 N–H and O–H groups in total. The first-order valence-electron chi connectivity index (χ1n) is 8.19. The highest BCUT2D eigenvalue weighted by Gasteiger charge is 2.18. The predicted molar refractivity (Wildman–Crippen MR) is 102 cm³/mol. The second-order valence-electron chi connectivity index (χ2n) is 6.02. The number of hydrogen-bond acceptors (Lipinski definition) is 7. The van der Waals surface area contributed by atoms with E-state index in [1.165, 1.54) is 6.33 Å². The molecule has 8 nitrogen and oxygen atoms in total. The lowest BCUT2D eigenvalue weighted by Crippen LogP contribution is -2.07. The lowest BCUT2D eigenvalue weighted by atomic mass is 10.0. The molecule has 0 saturated heterocycles. The number of rotatable bonds is 4. The molecule has 0 unspecified atom stereocenters. The van der Waals surface area contributed by atoms with E-state index in [1.807, 2.05) is 25.1 Å². The number of aryl methyl sites for hydroxylation is 1. The SMILES string of the molecule is C[C@@H](Oc1ccc(-c2cncc(Cl)c2)c2ncnc(N)c12)c1ncn(C)n1. The Kier molecular flexibility index (Phi) is 4.33. The monoisotopic (exact) mass is 381 g/mol. The summed E-state index contributed by atoms with van der Waals surface area (Å²) in [7, 11) is 1.80. The third kappa shape index (κ3) is 3.26. The molecule has 0 bridgehead atoms. The van der Waals surface area contributed by atoms with Crippen LogP contribution in [0.25, 0.3) is 22.0 Å². The molecule has 1 aromatic carbocycles. The first-order valence-corrected chi connectivity index (χ1v) is 8.57. The van der Waals surface area contributed by atoms with Crippen molar-refractivity contribution >= 4 is 28.3 Å². The molecule has 0 aliphatic heterocycles. The summed E-state index contributed by atoms with van der Waals surface area (Å²) in [6.45, 7) is 1.87. The number of anilines is 1. The van der Waals surface area contributed by atoms with Gasteiger partial charge in [-0.3, -0.25) is 9.67 Å². The van der Waals surface area contributed by atoms with E-state index in [1.54, 1.807) is 30.5 Å². The Bertz CT molecular complexity index is 1130. The molecule has 0 aliphatic carbocycles. The summed E-state index contributed by atoms with van der Waals surface area (Å²) >= 11 is 6.09. The summed E-state index contributed by atoms with van der Waals surface area (Å²) in [4.78, 5) is 16.9. The quantitative estimate of drug-likeness (QED) is 0.578. The van der Waals surface area contributed by atoms with E-state index in [0.717, 1.165) is 11.1 Å². The topological polar surface area (TPSA) is 105 Å². The lowest BCUT2D eigenvalue weighted by molar-refractivity contribution is 0.219. The van der Waals surface area contributed by atoms with E-state index >= 15 is 0 Å². The summed E-state index contributed by atoms with van der Waals surface area (Å²) < 4.78 is 7.71. The molecule has 4 aromatic rings. The fourth-order valence-corrected chi connectivity index (χ4v) is 3.02. The molecule has 3 aromatic heterocycles. The van der Waals surface area contributed by atoms with Crippen molar-refractivity contribution in [3.05, 3.63) is 54.1 Å². The van der Waals surface area contributed by atoms with Gasteiger partial charge in [0.25, 0.3) is 0 Å². The van der Waals surface area contributed by atoms with Crippen LogP contribution in [-0.2, 0) is 7.05 Å². The van der Waals surface area contributed by atoms with Crippen LogP contribution in [0.2, 0.25) is 5.02 Å². The number of nitrogen functional groups attached to an aromatic ring is 1. The molecule has 0 radical (unpaired) electrons. The van der Waals surface area contributed by atoms with Crippen molar-refractivity contribution in [1.82, 2.24) is 29.7 Å². The zero-order chi connectivity index (χ0) is 19.0. The fraction of sp³-hybridized carbons (Fsp3) is 0.167. The molecule has 0 aliphatic rings. The number of nitrogens with zero attached hydrogens (tertiary/aromatic N) is 6. The second-order valence-corrected chi connectivity index (χ2v) is 6.46. The van der Waals surface area contributed by atoms with E-state index in [9.17, 15) is 0 Å². The Morgan fingerprint density at radius 1 is 1.19 bits per heavy atom. The number of halogens is 1. The Morgan fingerprint density at radius 2 is 2.04 bits per heavy atom. The van der Waals surface area contributed by atoms with Gasteiger partial charge in [0.2, 0.25) is 0 Å². The summed E-state index contributed by atoms with van der Waals surface area (Å²) in [5, 5.41) is 5.44. The predicted octanol–water partition coefficient (Wildman–Crippen LogP) is 3.20. The van der Waals surface area contributed by atoms with Crippen LogP contribution in [-0.4, -0.2) is 29.7 Å². The molecule has 27 heavy (non-hydrogen) atoms. The molecule has 136 valence electrons. The normalized spacial score (nSPS) is 12.3. The van der Waals surface area contributed by atoms with Gasteiger partial charge in [0.15, 0.2) is 11.9 Å². The van der Waals surface area contributed by atoms with Crippen molar-refractivity contribution in [2.45, 2.75) is 13.0 Å². The summed E-state index contributed by atoms with van der Waals surface area (Å²) in [5.74, 6) is 1.46. The van der Waals surface area contributed by atoms with Crippen LogP contribution in [0.4, 0.5) is 5.82 Å². The number of aromatic nitrogens is 6. The molecule has 4 rings (SSSR count). The molecule has 0 spiro atoms. The number of hydrogen-bond donors (Lipinski definition) is 1. The van der Waals surface area contributed by atoms with Crippen LogP contribution in [0.15, 0.2) is 43.2 Å². The first-order chi connectivity index (χ1) is 13.0. The van der Waals surface area contributed by atoms with Gasteiger partial charge >= 0.3 is 0 Å². The minimum absolute atomic E-state index is 0.327. The molecule has 9 heteroatoms. The largest absolute Gasteiger partial charge is 0.482 e. The fourth-order valence-electron chi connectivity index (χ4n) is 2.84. The molecular formula is C18H16ClN7O. The third-order valence-electron chi connectivity index (χ3n) is 4.08. The summed E-state index contributed by atoms with van der Waals surface area (Å²) in [6, 6.07) is 5.55. The average molecular weight is 382 g/mol. The first kappa shape index (κ1) is 17.2. The Balaban J connectivity index is 1.82. The van der Waals surface area contributed by atoms with E-state index < -0.39 is 0 Å². The van der Waals surface area contributed by atoms with Crippen molar-refractivity contribution in [1.29, 1.82) is 0 Å². The van der Waals surface area contributed by atoms with Crippen molar-refractivity contribution in [2.75, 3.05) is 5.73 Å². The Hall–Kier alpha value is -3.26. The second kappa shape index (κ2) is 6.81. The average Bonchev–Trinajstić information content (AvgIpc) is 3.08. The maximum absolute atomic E-state index is 6.14. The van der Waals surface area contributed by atoms with Gasteiger partial charge in [-0.15, -0.1) is 0 Å². The zero-order valence-electron chi connectivity index (χ0n) is 14.7. The van der Waals surface area contributed by atoms with Crippen LogP contribution in [0.3, 0.4) is 0 Å². The van der Waals surface area contributed by atoms with Gasteiger partial charge in [-0.05, 0) is 25.1 Å². The maximum Gasteiger partial charge on any atom is 0.191 e. The smallest absolute Gasteiger partial charge is 0.191 e. The highest BCUT2D eigenvalue weighted by molar-refractivity contribution is 6.30. The van der Waals surface area contributed by atoms with Gasteiger partial charge in [0.05, 0.1) is 15.9 Å². The number of fused-ring (bicyclic) bond motifs is 1. The number of benzene rings is 1. The highest BCUT2D eigenvalue weighted by Crippen LogP contribution is 2.37. The van der Waals surface area contributed by atoms with Crippen LogP contribution < -0.4 is 10.5 Å². The van der Waals surface area contributed by atoms with Crippen LogP contribution in [0.1, 0.15) is 18.9 Å². The van der Waals surface area contributed by atoms with E-state index in [4.69, 9.17) is 22.1 Å². The minimum atomic E-state index is -0.368. The van der Waals surface area contributed by atoms with Gasteiger partial charge in [-0.2, -0.15) is 5.10 Å². The minimum Gasteiger partial charge on any atom is -0.482 e. The lowest BCUT2D eigenvalue weighted by Gasteiger charge is -2.16. The van der Waals surface area contributed by atoms with Crippen molar-refractivity contribution in [3.63, 3.8) is 0 Å². The molecule has 0 saturated carbocycles. The van der Waals surface area contributed by atoms with Crippen LogP contribution in [0, 0.1) is 0 Å². The van der Waals surface area contributed by atoms with Gasteiger partial charge in [-0.1, -0.05) is 11.6 Å². The molecule has 3 heterocycles. The number of ether oxygens (including phenoxy) is 1. The van der Waals surface area contributed by atoms with Gasteiger partial charge in [-0.25, -0.2) is 15.0 Å². The zero-order valence-corrected chi connectivity index (χ0v) is 15.4. The van der Waals surface area contributed by atoms with Gasteiger partial charge < -0.3 is 10.5 Å². The Labute approximate surface area is 160 Å². The third-order valence-corrected chi connectivity index (χ3v) is 4.29. The van der Waals surface area contributed by atoms with Crippen LogP contribution >= 0.6 is 11.6 Å². The molecule has 0 amide bonds. The standard InChI is InChI=1S/C18H16ClN7O/c1-10(18-24-9-26(2)25-18)27-14-4-3-13(11-5-12(19)7-21-6-11)16-15(14)17(20)23-8-22-16/h3-10H,1-2H3,(H2,20,22,23)/t10-/m1/s1. The van der Waals surface area contributed by atoms with E-state index in [0.29, 0.717) is 33.3 Å². The highest BCUT2D eigenvalue weighted by atomic mass is 35.5. The van der Waals surface area contributed by atoms with Gasteiger partial charge in [0, 0.05) is 30.6 Å². The molecular weight excluding hydrogens is 366 g/mol. The number of nitrogens with two attached hydrogens (primary N) is 1. The Morgan fingerprint density at radius 3 is 2.78 bits per heavy atom. The van der Waals surface area contributed by atoms with Gasteiger partial charge in [0.1, 0.15) is 24.2 Å². The maximum atomic E-state index is 6.14. The molecule has 0 fully saturated rings. The van der Waals surface area contributed by atoms with Crippen LogP contribution in [0.5, 0.6) is 5.75 Å². The van der Waals surface area contributed by atoms with Crippen molar-refractivity contribution in [2.24, 2.45) is 7.05 Å². The van der Waals surface area contributed by atoms with E-state index in [2.05, 4.69) is 25.0 Å². The van der Waals surface area contributed by atoms with Crippen molar-refractivity contribution < 1.29 is 4.74 Å². The summed E-state index contributed by atoms with van der Waals surface area (Å²) in [6.07, 6.45) is 5.98. The van der Waals surface area contributed by atoms with Crippen molar-refractivity contribution in [3.8, 4) is 16.9 Å². The van der Waals surface area contributed by atoms with E-state index in [-0.39, 0.29) is 6.10 Å².